The smallest absolute Gasteiger partial charge is 0.213 e. The lowest BCUT2D eigenvalue weighted by Crippen LogP contribution is -2.49. The number of sulfonamides is 1. The van der Waals surface area contributed by atoms with Crippen LogP contribution in [-0.2, 0) is 16.6 Å². The van der Waals surface area contributed by atoms with Crippen molar-refractivity contribution < 1.29 is 17.9 Å². The molecule has 1 saturated heterocycles. The number of rotatable bonds is 4. The van der Waals surface area contributed by atoms with E-state index in [2.05, 4.69) is 0 Å². The van der Waals surface area contributed by atoms with Crippen molar-refractivity contribution >= 4 is 15.7 Å². The zero-order valence-corrected chi connectivity index (χ0v) is 12.2. The van der Waals surface area contributed by atoms with Crippen molar-refractivity contribution in [3.63, 3.8) is 0 Å². The molecule has 7 heteroatoms. The van der Waals surface area contributed by atoms with Gasteiger partial charge in [0, 0.05) is 31.7 Å². The van der Waals surface area contributed by atoms with Crippen molar-refractivity contribution in [3.8, 4) is 0 Å². The van der Waals surface area contributed by atoms with Gasteiger partial charge in [0.2, 0.25) is 10.0 Å². The molecule has 0 radical (unpaired) electrons. The average molecular weight is 302 g/mol. The lowest BCUT2D eigenvalue weighted by molar-refractivity contribution is 0.275. The normalized spacial score (nSPS) is 17.4. The van der Waals surface area contributed by atoms with E-state index < -0.39 is 15.8 Å². The summed E-state index contributed by atoms with van der Waals surface area (Å²) in [7, 11) is -3.18. The summed E-state index contributed by atoms with van der Waals surface area (Å²) >= 11 is 0. The number of nitrogens with zero attached hydrogens (tertiary/aromatic N) is 2. The standard InChI is InChI=1S/C13H19FN2O3S/c1-2-20(18,19)16-8-6-15(7-9-16)12-5-3-4-11(10-17)13(12)14/h3-5,17H,2,6-10H2,1H3. The van der Waals surface area contributed by atoms with Crippen LogP contribution in [0.1, 0.15) is 12.5 Å². The fraction of sp³-hybridized carbons (Fsp3) is 0.538. The van der Waals surface area contributed by atoms with Crippen LogP contribution >= 0.6 is 0 Å². The molecule has 0 spiro atoms. The predicted molar refractivity (Wildman–Crippen MR) is 75.6 cm³/mol. The number of hydrogen-bond acceptors (Lipinski definition) is 4. The molecular formula is C13H19FN2O3S. The number of benzene rings is 1. The van der Waals surface area contributed by atoms with Gasteiger partial charge in [0.05, 0.1) is 18.0 Å². The number of halogens is 1. The van der Waals surface area contributed by atoms with E-state index in [0.29, 0.717) is 31.9 Å². The number of aliphatic hydroxyl groups excluding tert-OH is 1. The van der Waals surface area contributed by atoms with Gasteiger partial charge in [0.1, 0.15) is 0 Å². The quantitative estimate of drug-likeness (QED) is 0.893. The lowest BCUT2D eigenvalue weighted by Gasteiger charge is -2.35. The molecule has 112 valence electrons. The van der Waals surface area contributed by atoms with Crippen LogP contribution in [-0.4, -0.2) is 49.8 Å². The second-order valence-electron chi connectivity index (χ2n) is 4.70. The molecule has 5 nitrogen and oxygen atoms in total. The molecule has 1 N–H and O–H groups in total. The summed E-state index contributed by atoms with van der Waals surface area (Å²) in [5.41, 5.74) is 0.677. The van der Waals surface area contributed by atoms with Gasteiger partial charge in [-0.25, -0.2) is 12.8 Å². The second kappa shape index (κ2) is 6.07. The van der Waals surface area contributed by atoms with Crippen molar-refractivity contribution in [2.45, 2.75) is 13.5 Å². The van der Waals surface area contributed by atoms with E-state index in [1.54, 1.807) is 19.1 Å². The largest absolute Gasteiger partial charge is 0.392 e. The Balaban J connectivity index is 2.12. The highest BCUT2D eigenvalue weighted by Gasteiger charge is 2.26. The first kappa shape index (κ1) is 15.2. The lowest BCUT2D eigenvalue weighted by atomic mass is 10.1. The molecule has 1 aromatic carbocycles. The van der Waals surface area contributed by atoms with Crippen LogP contribution in [0.2, 0.25) is 0 Å². The predicted octanol–water partition coefficient (Wildman–Crippen LogP) is 0.790. The third kappa shape index (κ3) is 2.94. The highest BCUT2D eigenvalue weighted by Crippen LogP contribution is 2.24. The Labute approximate surface area is 118 Å². The monoisotopic (exact) mass is 302 g/mol. The summed E-state index contributed by atoms with van der Waals surface area (Å²) in [4.78, 5) is 1.82. The third-order valence-corrected chi connectivity index (χ3v) is 5.45. The summed E-state index contributed by atoms with van der Waals surface area (Å²) in [5, 5.41) is 9.08. The van der Waals surface area contributed by atoms with Crippen molar-refractivity contribution in [1.29, 1.82) is 0 Å². The van der Waals surface area contributed by atoms with Crippen LogP contribution in [0.4, 0.5) is 10.1 Å². The molecule has 0 saturated carbocycles. The fourth-order valence-corrected chi connectivity index (χ4v) is 3.41. The van der Waals surface area contributed by atoms with Crippen LogP contribution in [0.15, 0.2) is 18.2 Å². The van der Waals surface area contributed by atoms with Gasteiger partial charge in [0.25, 0.3) is 0 Å². The molecule has 0 unspecified atom stereocenters. The summed E-state index contributed by atoms with van der Waals surface area (Å²) in [6.07, 6.45) is 0. The second-order valence-corrected chi connectivity index (χ2v) is 6.95. The molecule has 1 aliphatic rings. The highest BCUT2D eigenvalue weighted by molar-refractivity contribution is 7.89. The summed E-state index contributed by atoms with van der Waals surface area (Å²) in [5.74, 6) is -0.344. The fourth-order valence-electron chi connectivity index (χ4n) is 2.32. The maximum absolute atomic E-state index is 14.1. The molecular weight excluding hydrogens is 283 g/mol. The van der Waals surface area contributed by atoms with Crippen molar-refractivity contribution in [1.82, 2.24) is 4.31 Å². The number of piperazine rings is 1. The Bertz CT molecular complexity index is 569. The number of aliphatic hydroxyl groups is 1. The molecule has 1 fully saturated rings. The van der Waals surface area contributed by atoms with Crippen LogP contribution < -0.4 is 4.90 Å². The maximum Gasteiger partial charge on any atom is 0.213 e. The molecule has 20 heavy (non-hydrogen) atoms. The molecule has 1 aliphatic heterocycles. The Morgan fingerprint density at radius 2 is 1.90 bits per heavy atom. The van der Waals surface area contributed by atoms with Crippen LogP contribution in [0.25, 0.3) is 0 Å². The molecule has 0 atom stereocenters. The number of hydrogen-bond donors (Lipinski definition) is 1. The maximum atomic E-state index is 14.1. The van der Waals surface area contributed by atoms with Gasteiger partial charge < -0.3 is 10.0 Å². The molecule has 2 rings (SSSR count). The minimum Gasteiger partial charge on any atom is -0.392 e. The van der Waals surface area contributed by atoms with E-state index in [9.17, 15) is 12.8 Å². The van der Waals surface area contributed by atoms with Gasteiger partial charge in [-0.2, -0.15) is 4.31 Å². The molecule has 0 amide bonds. The molecule has 0 aromatic heterocycles. The Hall–Kier alpha value is -1.18. The van der Waals surface area contributed by atoms with E-state index in [0.717, 1.165) is 0 Å². The van der Waals surface area contributed by atoms with E-state index in [-0.39, 0.29) is 17.9 Å². The van der Waals surface area contributed by atoms with E-state index in [1.165, 1.54) is 10.4 Å². The minimum absolute atomic E-state index is 0.0847. The number of anilines is 1. The van der Waals surface area contributed by atoms with Crippen LogP contribution in [0.5, 0.6) is 0 Å². The Morgan fingerprint density at radius 3 is 2.45 bits per heavy atom. The summed E-state index contributed by atoms with van der Waals surface area (Å²) in [6, 6.07) is 4.88. The first-order valence-electron chi connectivity index (χ1n) is 6.60. The van der Waals surface area contributed by atoms with Gasteiger partial charge in [-0.15, -0.1) is 0 Å². The summed E-state index contributed by atoms with van der Waals surface area (Å²) in [6.45, 7) is 2.89. The van der Waals surface area contributed by atoms with Gasteiger partial charge in [0.15, 0.2) is 5.82 Å². The summed E-state index contributed by atoms with van der Waals surface area (Å²) < 4.78 is 39.1. The third-order valence-electron chi connectivity index (χ3n) is 3.57. The van der Waals surface area contributed by atoms with Crippen LogP contribution in [0.3, 0.4) is 0 Å². The molecule has 1 heterocycles. The van der Waals surface area contributed by atoms with Crippen molar-refractivity contribution in [3.05, 3.63) is 29.6 Å². The Kier molecular flexibility index (Phi) is 4.62. The average Bonchev–Trinajstić information content (AvgIpc) is 2.47. The highest BCUT2D eigenvalue weighted by atomic mass is 32.2. The first-order valence-corrected chi connectivity index (χ1v) is 8.21. The first-order chi connectivity index (χ1) is 9.49. The van der Waals surface area contributed by atoms with E-state index in [1.807, 2.05) is 4.90 Å². The topological polar surface area (TPSA) is 60.9 Å². The molecule has 0 bridgehead atoms. The van der Waals surface area contributed by atoms with Gasteiger partial charge >= 0.3 is 0 Å². The van der Waals surface area contributed by atoms with Gasteiger partial charge in [-0.05, 0) is 13.0 Å². The van der Waals surface area contributed by atoms with Crippen LogP contribution in [0, 0.1) is 5.82 Å². The van der Waals surface area contributed by atoms with E-state index >= 15 is 0 Å². The molecule has 1 aromatic rings. The Morgan fingerprint density at radius 1 is 1.25 bits per heavy atom. The zero-order valence-electron chi connectivity index (χ0n) is 11.4. The van der Waals surface area contributed by atoms with Crippen molar-refractivity contribution in [2.24, 2.45) is 0 Å². The minimum atomic E-state index is -3.18. The van der Waals surface area contributed by atoms with Gasteiger partial charge in [-0.3, -0.25) is 0 Å². The van der Waals surface area contributed by atoms with Gasteiger partial charge in [-0.1, -0.05) is 12.1 Å². The van der Waals surface area contributed by atoms with Crippen molar-refractivity contribution in [2.75, 3.05) is 36.8 Å². The molecule has 0 aliphatic carbocycles. The zero-order chi connectivity index (χ0) is 14.8. The SMILES string of the molecule is CCS(=O)(=O)N1CCN(c2cccc(CO)c2F)CC1. The van der Waals surface area contributed by atoms with E-state index in [4.69, 9.17) is 5.11 Å².